The number of aromatic nitrogens is 2. The first kappa shape index (κ1) is 13.6. The van der Waals surface area contributed by atoms with Crippen molar-refractivity contribution < 1.29 is 0 Å². The molecule has 1 aromatic carbocycles. The van der Waals surface area contributed by atoms with Crippen molar-refractivity contribution in [1.82, 2.24) is 10.2 Å². The Hall–Kier alpha value is -1.33. The molecule has 6 heteroatoms. The summed E-state index contributed by atoms with van der Waals surface area (Å²) in [4.78, 5) is 2.39. The molecule has 1 saturated heterocycles. The van der Waals surface area contributed by atoms with Gasteiger partial charge in [-0.25, -0.2) is 0 Å². The fourth-order valence-electron chi connectivity index (χ4n) is 2.51. The summed E-state index contributed by atoms with van der Waals surface area (Å²) in [6, 6.07) is 8.08. The zero-order valence-corrected chi connectivity index (χ0v) is 12.9. The van der Waals surface area contributed by atoms with Crippen molar-refractivity contribution in [1.29, 1.82) is 0 Å². The number of nitrogens with zero attached hydrogens (tertiary/aromatic N) is 3. The zero-order chi connectivity index (χ0) is 13.9. The van der Waals surface area contributed by atoms with Crippen molar-refractivity contribution in [3.05, 3.63) is 34.3 Å². The Labute approximate surface area is 127 Å². The van der Waals surface area contributed by atoms with Crippen LogP contribution in [0.15, 0.2) is 24.3 Å². The molecule has 1 N–H and O–H groups in total. The van der Waals surface area contributed by atoms with Crippen LogP contribution in [-0.4, -0.2) is 29.8 Å². The van der Waals surface area contributed by atoms with Crippen LogP contribution >= 0.6 is 22.9 Å². The molecule has 1 atom stereocenters. The third-order valence-corrected chi connectivity index (χ3v) is 4.56. The molecule has 1 fully saturated rings. The van der Waals surface area contributed by atoms with Crippen molar-refractivity contribution in [2.24, 2.45) is 5.92 Å². The minimum Gasteiger partial charge on any atom is -0.371 e. The van der Waals surface area contributed by atoms with Crippen molar-refractivity contribution in [3.63, 3.8) is 0 Å². The van der Waals surface area contributed by atoms with Crippen molar-refractivity contribution >= 4 is 33.8 Å². The van der Waals surface area contributed by atoms with Gasteiger partial charge in [0.1, 0.15) is 5.01 Å². The maximum absolute atomic E-state index is 6.05. The number of benzene rings is 1. The topological polar surface area (TPSA) is 41.1 Å². The molecular formula is C14H17ClN4S. The second-order valence-electron chi connectivity index (χ2n) is 5.09. The van der Waals surface area contributed by atoms with E-state index in [0.29, 0.717) is 5.92 Å². The van der Waals surface area contributed by atoms with Gasteiger partial charge in [-0.15, -0.1) is 10.2 Å². The van der Waals surface area contributed by atoms with Crippen LogP contribution in [0, 0.1) is 12.8 Å². The van der Waals surface area contributed by atoms with Gasteiger partial charge in [-0.1, -0.05) is 29.0 Å². The van der Waals surface area contributed by atoms with Crippen molar-refractivity contribution in [3.8, 4) is 0 Å². The standard InChI is InChI=1S/C14H17ClN4S/c1-10-17-18-14(20-10)16-8-11-5-6-19(9-11)13-4-2-3-12(15)7-13/h2-4,7,11H,5-6,8-9H2,1H3,(H,16,18)/t11-/m1/s1. The first-order valence-electron chi connectivity index (χ1n) is 6.75. The second-order valence-corrected chi connectivity index (χ2v) is 6.71. The molecular weight excluding hydrogens is 292 g/mol. The van der Waals surface area contributed by atoms with Crippen LogP contribution in [0.1, 0.15) is 11.4 Å². The average molecular weight is 309 g/mol. The predicted octanol–water partition coefficient (Wildman–Crippen LogP) is 3.44. The van der Waals surface area contributed by atoms with Gasteiger partial charge in [0.25, 0.3) is 0 Å². The van der Waals surface area contributed by atoms with E-state index < -0.39 is 0 Å². The molecule has 0 saturated carbocycles. The summed E-state index contributed by atoms with van der Waals surface area (Å²) in [5.74, 6) is 0.637. The van der Waals surface area contributed by atoms with Crippen molar-refractivity contribution in [2.45, 2.75) is 13.3 Å². The quantitative estimate of drug-likeness (QED) is 0.939. The lowest BCUT2D eigenvalue weighted by Crippen LogP contribution is -2.22. The lowest BCUT2D eigenvalue weighted by Gasteiger charge is -2.19. The van der Waals surface area contributed by atoms with Crippen LogP contribution in [0.2, 0.25) is 5.02 Å². The molecule has 20 heavy (non-hydrogen) atoms. The summed E-state index contributed by atoms with van der Waals surface area (Å²) in [5, 5.41) is 14.2. The van der Waals surface area contributed by atoms with Crippen LogP contribution in [0.4, 0.5) is 10.8 Å². The van der Waals surface area contributed by atoms with E-state index in [-0.39, 0.29) is 0 Å². The number of rotatable bonds is 4. The fourth-order valence-corrected chi connectivity index (χ4v) is 3.29. The molecule has 2 aromatic rings. The third kappa shape index (κ3) is 3.22. The zero-order valence-electron chi connectivity index (χ0n) is 11.3. The van der Waals surface area contributed by atoms with E-state index in [2.05, 4.69) is 26.5 Å². The molecule has 3 rings (SSSR count). The molecule has 4 nitrogen and oxygen atoms in total. The Bertz CT molecular complexity index is 586. The van der Waals surface area contributed by atoms with Gasteiger partial charge in [0.2, 0.25) is 5.13 Å². The van der Waals surface area contributed by atoms with E-state index in [4.69, 9.17) is 11.6 Å². The monoisotopic (exact) mass is 308 g/mol. The van der Waals surface area contributed by atoms with Gasteiger partial charge in [-0.3, -0.25) is 0 Å². The van der Waals surface area contributed by atoms with Gasteiger partial charge in [0, 0.05) is 30.3 Å². The maximum atomic E-state index is 6.05. The largest absolute Gasteiger partial charge is 0.371 e. The van der Waals surface area contributed by atoms with E-state index in [1.165, 1.54) is 12.1 Å². The first-order valence-corrected chi connectivity index (χ1v) is 7.94. The summed E-state index contributed by atoms with van der Waals surface area (Å²) in [6.45, 7) is 5.07. The van der Waals surface area contributed by atoms with E-state index in [1.54, 1.807) is 11.3 Å². The molecule has 1 aliphatic heterocycles. The van der Waals surface area contributed by atoms with Crippen LogP contribution in [0.25, 0.3) is 0 Å². The highest BCUT2D eigenvalue weighted by Gasteiger charge is 2.22. The normalized spacial score (nSPS) is 18.5. The molecule has 0 spiro atoms. The minimum absolute atomic E-state index is 0.637. The Kier molecular flexibility index (Phi) is 4.08. The summed E-state index contributed by atoms with van der Waals surface area (Å²) in [6.07, 6.45) is 1.19. The minimum atomic E-state index is 0.637. The number of halogens is 1. The van der Waals surface area contributed by atoms with E-state index in [0.717, 1.165) is 34.8 Å². The lowest BCUT2D eigenvalue weighted by molar-refractivity contribution is 0.622. The summed E-state index contributed by atoms with van der Waals surface area (Å²) in [5.41, 5.74) is 1.21. The molecule has 0 amide bonds. The summed E-state index contributed by atoms with van der Waals surface area (Å²) < 4.78 is 0. The summed E-state index contributed by atoms with van der Waals surface area (Å²) in [7, 11) is 0. The van der Waals surface area contributed by atoms with Gasteiger partial charge >= 0.3 is 0 Å². The second kappa shape index (κ2) is 5.97. The number of nitrogens with one attached hydrogen (secondary N) is 1. The smallest absolute Gasteiger partial charge is 0.205 e. The molecule has 0 unspecified atom stereocenters. The van der Waals surface area contributed by atoms with Gasteiger partial charge in [0.05, 0.1) is 0 Å². The highest BCUT2D eigenvalue weighted by Crippen LogP contribution is 2.26. The average Bonchev–Trinajstić information content (AvgIpc) is 3.05. The molecule has 1 aromatic heterocycles. The van der Waals surface area contributed by atoms with E-state index in [9.17, 15) is 0 Å². The van der Waals surface area contributed by atoms with Gasteiger partial charge in [0.15, 0.2) is 0 Å². The lowest BCUT2D eigenvalue weighted by atomic mass is 10.1. The molecule has 106 valence electrons. The van der Waals surface area contributed by atoms with Gasteiger partial charge < -0.3 is 10.2 Å². The Morgan fingerprint density at radius 3 is 3.10 bits per heavy atom. The highest BCUT2D eigenvalue weighted by atomic mass is 35.5. The van der Waals surface area contributed by atoms with Crippen molar-refractivity contribution in [2.75, 3.05) is 29.9 Å². The highest BCUT2D eigenvalue weighted by molar-refractivity contribution is 7.15. The summed E-state index contributed by atoms with van der Waals surface area (Å²) >= 11 is 7.66. The SMILES string of the molecule is Cc1nnc(NC[C@H]2CCN(c3cccc(Cl)c3)C2)s1. The van der Waals surface area contributed by atoms with Gasteiger partial charge in [-0.2, -0.15) is 0 Å². The van der Waals surface area contributed by atoms with Crippen LogP contribution in [0.3, 0.4) is 0 Å². The first-order chi connectivity index (χ1) is 9.70. The number of hydrogen-bond acceptors (Lipinski definition) is 5. The van der Waals surface area contributed by atoms with Crippen LogP contribution < -0.4 is 10.2 Å². The maximum Gasteiger partial charge on any atom is 0.205 e. The molecule has 0 aliphatic carbocycles. The third-order valence-electron chi connectivity index (χ3n) is 3.53. The van der Waals surface area contributed by atoms with E-state index in [1.807, 2.05) is 25.1 Å². The molecule has 1 aliphatic rings. The number of anilines is 2. The molecule has 2 heterocycles. The Morgan fingerprint density at radius 1 is 1.45 bits per heavy atom. The predicted molar refractivity (Wildman–Crippen MR) is 84.9 cm³/mol. The molecule has 0 bridgehead atoms. The molecule has 0 radical (unpaired) electrons. The number of aryl methyl sites for hydroxylation is 1. The van der Waals surface area contributed by atoms with Gasteiger partial charge in [-0.05, 0) is 37.5 Å². The van der Waals surface area contributed by atoms with Crippen LogP contribution in [0.5, 0.6) is 0 Å². The Morgan fingerprint density at radius 2 is 2.35 bits per heavy atom. The van der Waals surface area contributed by atoms with Crippen LogP contribution in [-0.2, 0) is 0 Å². The van der Waals surface area contributed by atoms with E-state index >= 15 is 0 Å². The Balaban J connectivity index is 1.54. The fraction of sp³-hybridized carbons (Fsp3) is 0.429. The number of hydrogen-bond donors (Lipinski definition) is 1.